The van der Waals surface area contributed by atoms with Gasteiger partial charge in [-0.25, -0.2) is 9.78 Å². The minimum absolute atomic E-state index is 0.274. The van der Waals surface area contributed by atoms with Crippen molar-refractivity contribution in [1.82, 2.24) is 9.88 Å². The quantitative estimate of drug-likeness (QED) is 0.830. The summed E-state index contributed by atoms with van der Waals surface area (Å²) in [6.45, 7) is 8.59. The first-order valence-corrected chi connectivity index (χ1v) is 9.86. The molecule has 1 atom stereocenters. The van der Waals surface area contributed by atoms with Crippen LogP contribution >= 0.6 is 0 Å². The molecule has 6 nitrogen and oxygen atoms in total. The van der Waals surface area contributed by atoms with Crippen LogP contribution in [0.2, 0.25) is 0 Å². The molecule has 3 aliphatic heterocycles. The summed E-state index contributed by atoms with van der Waals surface area (Å²) in [7, 11) is 0. The largest absolute Gasteiger partial charge is 0.440 e. The van der Waals surface area contributed by atoms with E-state index in [2.05, 4.69) is 24.8 Å². The van der Waals surface area contributed by atoms with Crippen LogP contribution in [0, 0.1) is 0 Å². The van der Waals surface area contributed by atoms with Gasteiger partial charge in [-0.2, -0.15) is 0 Å². The van der Waals surface area contributed by atoms with E-state index in [0.717, 1.165) is 43.9 Å². The summed E-state index contributed by atoms with van der Waals surface area (Å²) < 4.78 is 11.2. The first kappa shape index (κ1) is 17.7. The highest BCUT2D eigenvalue weighted by molar-refractivity contribution is 5.89. The Morgan fingerprint density at radius 1 is 1.27 bits per heavy atom. The zero-order valence-corrected chi connectivity index (χ0v) is 15.8. The molecule has 1 amide bonds. The highest BCUT2D eigenvalue weighted by Crippen LogP contribution is 2.35. The van der Waals surface area contributed by atoms with E-state index >= 15 is 0 Å². The van der Waals surface area contributed by atoms with Crippen molar-refractivity contribution >= 4 is 11.9 Å². The average Bonchev–Trinajstić information content (AvgIpc) is 2.98. The molecule has 4 heterocycles. The van der Waals surface area contributed by atoms with Crippen molar-refractivity contribution in [2.75, 3.05) is 37.7 Å². The lowest BCUT2D eigenvalue weighted by Gasteiger charge is -2.35. The van der Waals surface area contributed by atoms with Crippen molar-refractivity contribution in [3.05, 3.63) is 23.9 Å². The van der Waals surface area contributed by atoms with Gasteiger partial charge in [-0.15, -0.1) is 0 Å². The van der Waals surface area contributed by atoms with Gasteiger partial charge in [-0.1, -0.05) is 6.07 Å². The van der Waals surface area contributed by atoms with Crippen molar-refractivity contribution in [1.29, 1.82) is 0 Å². The Morgan fingerprint density at radius 3 is 2.85 bits per heavy atom. The fourth-order valence-electron chi connectivity index (χ4n) is 4.34. The van der Waals surface area contributed by atoms with Gasteiger partial charge in [-0.3, -0.25) is 4.90 Å². The minimum atomic E-state index is -0.397. The van der Waals surface area contributed by atoms with E-state index in [-0.39, 0.29) is 6.09 Å². The minimum Gasteiger partial charge on any atom is -0.440 e. The van der Waals surface area contributed by atoms with Gasteiger partial charge in [0.05, 0.1) is 19.8 Å². The number of carbonyl (C=O) groups is 1. The van der Waals surface area contributed by atoms with E-state index in [9.17, 15) is 4.79 Å². The van der Waals surface area contributed by atoms with Crippen LogP contribution in [-0.2, 0) is 9.47 Å². The molecule has 0 aromatic carbocycles. The predicted octanol–water partition coefficient (Wildman–Crippen LogP) is 3.18. The Bertz CT molecular complexity index is 657. The Kier molecular flexibility index (Phi) is 4.88. The van der Waals surface area contributed by atoms with E-state index in [0.29, 0.717) is 31.7 Å². The second-order valence-corrected chi connectivity index (χ2v) is 8.10. The van der Waals surface area contributed by atoms with Gasteiger partial charge in [0, 0.05) is 37.0 Å². The molecule has 1 unspecified atom stereocenters. The van der Waals surface area contributed by atoms with Crippen molar-refractivity contribution in [2.24, 2.45) is 0 Å². The van der Waals surface area contributed by atoms with Crippen molar-refractivity contribution in [3.8, 4) is 0 Å². The molecule has 1 aromatic rings. The molecule has 26 heavy (non-hydrogen) atoms. The van der Waals surface area contributed by atoms with E-state index in [1.807, 2.05) is 12.1 Å². The lowest BCUT2D eigenvalue weighted by molar-refractivity contribution is -0.0431. The van der Waals surface area contributed by atoms with Gasteiger partial charge in [0.2, 0.25) is 0 Å². The molecular weight excluding hydrogens is 330 g/mol. The van der Waals surface area contributed by atoms with Crippen LogP contribution in [0.5, 0.6) is 0 Å². The van der Waals surface area contributed by atoms with Crippen LogP contribution in [0.3, 0.4) is 0 Å². The normalized spacial score (nSPS) is 26.5. The highest BCUT2D eigenvalue weighted by Gasteiger charge is 2.47. The zero-order valence-electron chi connectivity index (χ0n) is 15.8. The number of anilines is 1. The third kappa shape index (κ3) is 3.45. The van der Waals surface area contributed by atoms with Gasteiger partial charge < -0.3 is 14.4 Å². The van der Waals surface area contributed by atoms with Crippen LogP contribution in [0.4, 0.5) is 10.6 Å². The van der Waals surface area contributed by atoms with Crippen LogP contribution < -0.4 is 4.90 Å². The number of hydrogen-bond donors (Lipinski definition) is 0. The highest BCUT2D eigenvalue weighted by atomic mass is 16.6. The number of rotatable bonds is 3. The second-order valence-electron chi connectivity index (χ2n) is 8.10. The first-order chi connectivity index (χ1) is 12.6. The number of hydrogen-bond acceptors (Lipinski definition) is 5. The number of aromatic nitrogens is 1. The average molecular weight is 359 g/mol. The van der Waals surface area contributed by atoms with Gasteiger partial charge in [-0.05, 0) is 45.4 Å². The molecule has 3 saturated heterocycles. The Hall–Kier alpha value is -1.66. The maximum Gasteiger partial charge on any atom is 0.416 e. The molecule has 0 aliphatic carbocycles. The molecule has 0 saturated carbocycles. The molecule has 4 rings (SSSR count). The third-order valence-electron chi connectivity index (χ3n) is 6.01. The number of nitrogens with zero attached hydrogens (tertiary/aromatic N) is 3. The molecule has 0 radical (unpaired) electrons. The van der Waals surface area contributed by atoms with Crippen LogP contribution in [-0.4, -0.2) is 60.5 Å². The van der Waals surface area contributed by atoms with Gasteiger partial charge in [0.1, 0.15) is 11.4 Å². The van der Waals surface area contributed by atoms with Gasteiger partial charge in [0.25, 0.3) is 0 Å². The number of amides is 1. The summed E-state index contributed by atoms with van der Waals surface area (Å²) in [4.78, 5) is 21.6. The van der Waals surface area contributed by atoms with E-state index in [4.69, 9.17) is 14.5 Å². The summed E-state index contributed by atoms with van der Waals surface area (Å²) in [5.74, 6) is 1.15. The fourth-order valence-corrected chi connectivity index (χ4v) is 4.34. The molecule has 6 heteroatoms. The monoisotopic (exact) mass is 359 g/mol. The van der Waals surface area contributed by atoms with Gasteiger partial charge >= 0.3 is 6.09 Å². The molecular formula is C20H29N3O3. The summed E-state index contributed by atoms with van der Waals surface area (Å²) >= 11 is 0. The zero-order chi connectivity index (χ0) is 18.1. The Labute approximate surface area is 155 Å². The summed E-state index contributed by atoms with van der Waals surface area (Å²) in [5, 5.41) is 0. The number of pyridine rings is 1. The lowest BCUT2D eigenvalue weighted by Crippen LogP contribution is -2.40. The molecule has 142 valence electrons. The lowest BCUT2D eigenvalue weighted by atomic mass is 9.93. The number of carbonyl (C=O) groups excluding carboxylic acids is 1. The smallest absolute Gasteiger partial charge is 0.416 e. The second kappa shape index (κ2) is 7.16. The van der Waals surface area contributed by atoms with E-state index in [1.165, 1.54) is 6.42 Å². The SMILES string of the molecule is CC(C)N1CCCC(c2cccc(N3CC4(CCOCC4)OC3=O)n2)C1. The maximum atomic E-state index is 12.5. The molecule has 1 aromatic heterocycles. The topological polar surface area (TPSA) is 54.9 Å². The van der Waals surface area contributed by atoms with Gasteiger partial charge in [0.15, 0.2) is 0 Å². The summed E-state index contributed by atoms with van der Waals surface area (Å²) in [5.41, 5.74) is 0.695. The Balaban J connectivity index is 1.51. The third-order valence-corrected chi connectivity index (χ3v) is 6.01. The predicted molar refractivity (Wildman–Crippen MR) is 99.5 cm³/mol. The number of likely N-dealkylation sites (tertiary alicyclic amines) is 1. The Morgan fingerprint density at radius 2 is 2.08 bits per heavy atom. The van der Waals surface area contributed by atoms with Crippen molar-refractivity contribution in [3.63, 3.8) is 0 Å². The number of ether oxygens (including phenoxy) is 2. The van der Waals surface area contributed by atoms with E-state index in [1.54, 1.807) is 4.90 Å². The molecule has 3 fully saturated rings. The van der Waals surface area contributed by atoms with Crippen LogP contribution in [0.1, 0.15) is 51.1 Å². The van der Waals surface area contributed by atoms with Crippen LogP contribution in [0.25, 0.3) is 0 Å². The maximum absolute atomic E-state index is 12.5. The molecule has 0 N–H and O–H groups in total. The van der Waals surface area contributed by atoms with E-state index < -0.39 is 5.60 Å². The van der Waals surface area contributed by atoms with Crippen molar-refractivity contribution < 1.29 is 14.3 Å². The molecule has 1 spiro atoms. The molecule has 3 aliphatic rings. The number of piperidine rings is 1. The van der Waals surface area contributed by atoms with Crippen molar-refractivity contribution in [2.45, 2.75) is 57.1 Å². The molecule has 0 bridgehead atoms. The standard InChI is InChI=1S/C20H29N3O3/c1-15(2)22-10-4-5-16(13-22)17-6-3-7-18(21-17)23-14-20(26-19(23)24)8-11-25-12-9-20/h3,6-7,15-16H,4-5,8-14H2,1-2H3. The summed E-state index contributed by atoms with van der Waals surface area (Å²) in [6, 6.07) is 6.60. The van der Waals surface area contributed by atoms with Crippen LogP contribution in [0.15, 0.2) is 18.2 Å². The first-order valence-electron chi connectivity index (χ1n) is 9.86. The fraction of sp³-hybridized carbons (Fsp3) is 0.700. The summed E-state index contributed by atoms with van der Waals surface area (Å²) in [6.07, 6.45) is 3.61.